The molecule has 0 aliphatic carbocycles. The predicted molar refractivity (Wildman–Crippen MR) is 71.7 cm³/mol. The molecule has 2 rings (SSSR count). The van der Waals surface area contributed by atoms with E-state index >= 15 is 0 Å². The van der Waals surface area contributed by atoms with Crippen molar-refractivity contribution >= 4 is 11.6 Å². The monoisotopic (exact) mass is 239 g/mol. The molecule has 0 aliphatic heterocycles. The van der Waals surface area contributed by atoms with E-state index in [1.807, 2.05) is 37.3 Å². The van der Waals surface area contributed by atoms with Crippen LogP contribution >= 0.6 is 0 Å². The van der Waals surface area contributed by atoms with Crippen LogP contribution in [0.25, 0.3) is 11.1 Å². The van der Waals surface area contributed by atoms with Crippen LogP contribution in [0.5, 0.6) is 0 Å². The Kier molecular flexibility index (Phi) is 3.07. The summed E-state index contributed by atoms with van der Waals surface area (Å²) in [5.74, 6) is 0.150. The molecule has 0 saturated carbocycles. The van der Waals surface area contributed by atoms with Crippen LogP contribution in [-0.4, -0.2) is 0 Å². The van der Waals surface area contributed by atoms with Gasteiger partial charge >= 0.3 is 0 Å². The molecule has 0 atom stereocenters. The number of furan rings is 1. The molecule has 0 amide bonds. The van der Waals surface area contributed by atoms with Crippen LogP contribution in [0.2, 0.25) is 0 Å². The van der Waals surface area contributed by atoms with Gasteiger partial charge in [0.2, 0.25) is 5.88 Å². The summed E-state index contributed by atoms with van der Waals surface area (Å²) in [5.41, 5.74) is 9.35. The number of allylic oxidation sites excluding steroid dienone is 1. The summed E-state index contributed by atoms with van der Waals surface area (Å²) in [6.45, 7) is 5.66. The normalized spacial score (nSPS) is 9.78. The predicted octanol–water partition coefficient (Wildman–Crippen LogP) is 3.35. The molecule has 0 bridgehead atoms. The van der Waals surface area contributed by atoms with Crippen LogP contribution in [0, 0.1) is 11.3 Å². The summed E-state index contributed by atoms with van der Waals surface area (Å²) >= 11 is 0. The van der Waals surface area contributed by atoms with Crippen molar-refractivity contribution in [3.05, 3.63) is 48.4 Å². The Morgan fingerprint density at radius 2 is 2.06 bits per heavy atom. The summed E-state index contributed by atoms with van der Waals surface area (Å²) in [4.78, 5) is 0. The molecule has 0 saturated heterocycles. The highest BCUT2D eigenvalue weighted by Crippen LogP contribution is 2.29. The summed E-state index contributed by atoms with van der Waals surface area (Å²) < 4.78 is 5.06. The van der Waals surface area contributed by atoms with Gasteiger partial charge in [-0.15, -0.1) is 0 Å². The molecule has 0 spiro atoms. The lowest BCUT2D eigenvalue weighted by molar-refractivity contribution is 0.588. The minimum absolute atomic E-state index is 0.150. The molecule has 0 fully saturated rings. The van der Waals surface area contributed by atoms with Crippen molar-refractivity contribution in [1.29, 1.82) is 5.26 Å². The van der Waals surface area contributed by atoms with E-state index in [2.05, 4.69) is 11.9 Å². The van der Waals surface area contributed by atoms with Crippen molar-refractivity contribution in [3.63, 3.8) is 0 Å². The first kappa shape index (κ1) is 11.8. The zero-order valence-corrected chi connectivity index (χ0v) is 10.0. The molecule has 90 valence electrons. The van der Waals surface area contributed by atoms with Crippen LogP contribution in [0.4, 0.5) is 11.6 Å². The van der Waals surface area contributed by atoms with E-state index in [0.29, 0.717) is 11.1 Å². The summed E-state index contributed by atoms with van der Waals surface area (Å²) in [6, 6.07) is 9.66. The van der Waals surface area contributed by atoms with Crippen molar-refractivity contribution in [1.82, 2.24) is 0 Å². The van der Waals surface area contributed by atoms with E-state index < -0.39 is 0 Å². The van der Waals surface area contributed by atoms with Gasteiger partial charge in [0.15, 0.2) is 0 Å². The third-order valence-corrected chi connectivity index (χ3v) is 2.48. The standard InChI is InChI=1S/C14H13N3O/c1-9(2)17-11-5-3-10(4-6-11)13-8-18-14(16)12(13)7-15/h3-6,8,17H,1,16H2,2H3. The molecule has 0 unspecified atom stereocenters. The molecule has 0 aliphatic rings. The molecule has 18 heavy (non-hydrogen) atoms. The number of nitrogens with one attached hydrogen (secondary N) is 1. The smallest absolute Gasteiger partial charge is 0.208 e. The average Bonchev–Trinajstić information content (AvgIpc) is 2.70. The fourth-order valence-electron chi connectivity index (χ4n) is 1.68. The van der Waals surface area contributed by atoms with Gasteiger partial charge < -0.3 is 15.5 Å². The summed E-state index contributed by atoms with van der Waals surface area (Å²) in [6.07, 6.45) is 1.50. The number of benzene rings is 1. The minimum atomic E-state index is 0.150. The van der Waals surface area contributed by atoms with Crippen molar-refractivity contribution in [2.45, 2.75) is 6.92 Å². The number of nitrogens with two attached hydrogens (primary N) is 1. The lowest BCUT2D eigenvalue weighted by atomic mass is 10.0. The highest BCUT2D eigenvalue weighted by molar-refractivity contribution is 5.75. The van der Waals surface area contributed by atoms with Crippen LogP contribution in [-0.2, 0) is 0 Å². The number of anilines is 2. The van der Waals surface area contributed by atoms with Crippen molar-refractivity contribution in [3.8, 4) is 17.2 Å². The molecule has 1 heterocycles. The SMILES string of the molecule is C=C(C)Nc1ccc(-c2coc(N)c2C#N)cc1. The first-order valence-corrected chi connectivity index (χ1v) is 5.42. The highest BCUT2D eigenvalue weighted by Gasteiger charge is 2.12. The first-order chi connectivity index (χ1) is 8.61. The molecule has 1 aromatic carbocycles. The lowest BCUT2D eigenvalue weighted by Gasteiger charge is -2.05. The zero-order valence-electron chi connectivity index (χ0n) is 10.0. The van der Waals surface area contributed by atoms with Gasteiger partial charge in [0.1, 0.15) is 17.9 Å². The van der Waals surface area contributed by atoms with Crippen LogP contribution in [0.3, 0.4) is 0 Å². The fraction of sp³-hybridized carbons (Fsp3) is 0.0714. The van der Waals surface area contributed by atoms with E-state index in [9.17, 15) is 0 Å². The van der Waals surface area contributed by atoms with E-state index in [0.717, 1.165) is 16.9 Å². The molecule has 3 N–H and O–H groups in total. The Bertz CT molecular complexity index is 617. The van der Waals surface area contributed by atoms with Crippen molar-refractivity contribution < 1.29 is 4.42 Å². The van der Waals surface area contributed by atoms with Crippen LogP contribution < -0.4 is 11.1 Å². The maximum atomic E-state index is 9.01. The third-order valence-electron chi connectivity index (χ3n) is 2.48. The largest absolute Gasteiger partial charge is 0.447 e. The Labute approximate surface area is 105 Å². The molecular weight excluding hydrogens is 226 g/mol. The quantitative estimate of drug-likeness (QED) is 0.861. The molecule has 0 radical (unpaired) electrons. The fourth-order valence-corrected chi connectivity index (χ4v) is 1.68. The summed E-state index contributed by atoms with van der Waals surface area (Å²) in [5, 5.41) is 12.1. The molecule has 1 aromatic heterocycles. The average molecular weight is 239 g/mol. The molecule has 4 heteroatoms. The zero-order chi connectivity index (χ0) is 13.1. The number of nitrogen functional groups attached to an aromatic ring is 1. The van der Waals surface area contributed by atoms with E-state index in [-0.39, 0.29) is 5.88 Å². The van der Waals surface area contributed by atoms with Crippen LogP contribution in [0.1, 0.15) is 12.5 Å². The third kappa shape index (κ3) is 2.20. The van der Waals surface area contributed by atoms with Gasteiger partial charge in [-0.3, -0.25) is 0 Å². The van der Waals surface area contributed by atoms with Crippen LogP contribution in [0.15, 0.2) is 47.2 Å². The van der Waals surface area contributed by atoms with Gasteiger partial charge in [0, 0.05) is 16.9 Å². The Morgan fingerprint density at radius 3 is 2.61 bits per heavy atom. The lowest BCUT2D eigenvalue weighted by Crippen LogP contribution is -1.93. The van der Waals surface area contributed by atoms with Gasteiger partial charge in [-0.1, -0.05) is 18.7 Å². The minimum Gasteiger partial charge on any atom is -0.447 e. The van der Waals surface area contributed by atoms with Gasteiger partial charge in [0.25, 0.3) is 0 Å². The van der Waals surface area contributed by atoms with Crippen molar-refractivity contribution in [2.75, 3.05) is 11.1 Å². The first-order valence-electron chi connectivity index (χ1n) is 5.42. The van der Waals surface area contributed by atoms with Crippen molar-refractivity contribution in [2.24, 2.45) is 0 Å². The maximum absolute atomic E-state index is 9.01. The van der Waals surface area contributed by atoms with Gasteiger partial charge in [-0.05, 0) is 24.6 Å². The van der Waals surface area contributed by atoms with Gasteiger partial charge in [-0.2, -0.15) is 5.26 Å². The molecule has 4 nitrogen and oxygen atoms in total. The Morgan fingerprint density at radius 1 is 1.39 bits per heavy atom. The van der Waals surface area contributed by atoms with E-state index in [4.69, 9.17) is 15.4 Å². The maximum Gasteiger partial charge on any atom is 0.208 e. The highest BCUT2D eigenvalue weighted by atomic mass is 16.3. The van der Waals surface area contributed by atoms with E-state index in [1.165, 1.54) is 6.26 Å². The second-order valence-electron chi connectivity index (χ2n) is 3.98. The number of hydrogen-bond donors (Lipinski definition) is 2. The Balaban J connectivity index is 2.35. The number of nitrogens with zero attached hydrogens (tertiary/aromatic N) is 1. The second kappa shape index (κ2) is 4.68. The number of nitriles is 1. The molecule has 2 aromatic rings. The van der Waals surface area contributed by atoms with Gasteiger partial charge in [-0.25, -0.2) is 0 Å². The van der Waals surface area contributed by atoms with E-state index in [1.54, 1.807) is 0 Å². The van der Waals surface area contributed by atoms with Gasteiger partial charge in [0.05, 0.1) is 0 Å². The summed E-state index contributed by atoms with van der Waals surface area (Å²) in [7, 11) is 0. The number of hydrogen-bond acceptors (Lipinski definition) is 4. The number of rotatable bonds is 3. The second-order valence-corrected chi connectivity index (χ2v) is 3.98. The Hall–Kier alpha value is -2.67. The topological polar surface area (TPSA) is 75.0 Å². The molecular formula is C14H13N3O.